The fourth-order valence-corrected chi connectivity index (χ4v) is 3.89. The maximum absolute atomic E-state index is 13.2. The van der Waals surface area contributed by atoms with Gasteiger partial charge in [-0.3, -0.25) is 19.4 Å². The molecule has 0 fully saturated rings. The van der Waals surface area contributed by atoms with E-state index in [1.807, 2.05) is 13.2 Å². The summed E-state index contributed by atoms with van der Waals surface area (Å²) in [7, 11) is 0. The first-order valence-electron chi connectivity index (χ1n) is 12.6. The highest BCUT2D eigenvalue weighted by Crippen LogP contribution is 2.10. The monoisotopic (exact) mass is 546 g/mol. The summed E-state index contributed by atoms with van der Waals surface area (Å²) < 4.78 is 0. The van der Waals surface area contributed by atoms with E-state index in [-0.39, 0.29) is 31.3 Å². The van der Waals surface area contributed by atoms with Gasteiger partial charge in [0.05, 0.1) is 6.04 Å². The molecule has 13 nitrogen and oxygen atoms in total. The Kier molecular flexibility index (Phi) is 18.2. The minimum Gasteiger partial charge on any atom is -0.480 e. The Balaban J connectivity index is 5.63. The van der Waals surface area contributed by atoms with E-state index in [9.17, 15) is 24.3 Å². The number of hydrogen-bond donors (Lipinski definition) is 8. The van der Waals surface area contributed by atoms with Gasteiger partial charge in [0.2, 0.25) is 17.7 Å². The molecule has 0 saturated heterocycles. The van der Waals surface area contributed by atoms with Crippen LogP contribution in [-0.4, -0.2) is 84.0 Å². The van der Waals surface area contributed by atoms with Crippen LogP contribution in [0, 0.1) is 5.92 Å². The zero-order valence-electron chi connectivity index (χ0n) is 22.2. The third-order valence-electron chi connectivity index (χ3n) is 5.90. The van der Waals surface area contributed by atoms with Crippen LogP contribution in [0.25, 0.3) is 0 Å². The number of unbranched alkanes of at least 4 members (excludes halogenated alkanes) is 1. The summed E-state index contributed by atoms with van der Waals surface area (Å²) in [6, 6.07) is -3.89. The summed E-state index contributed by atoms with van der Waals surface area (Å²) in [5, 5.41) is 17.5. The molecule has 0 aromatic heterocycles. The molecule has 0 aliphatic carbocycles. The standard InChI is InChI=1S/C23H46N8O5S/c1-4-14(2)18(22(35)36)31-21(34)16(8-5-6-11-24)30-20(33)17(9-7-12-28-23(26)27)29-19(32)15(25)10-13-37-3/h14-18H,4-13,24-25H2,1-3H3,(H,29,32)(H,30,33)(H,31,34)(H,35,36)(H4,26,27,28). The number of thioether (sulfide) groups is 1. The largest absolute Gasteiger partial charge is 0.480 e. The number of rotatable bonds is 20. The normalized spacial score (nSPS) is 14.9. The van der Waals surface area contributed by atoms with Gasteiger partial charge in [0.25, 0.3) is 0 Å². The molecule has 214 valence electrons. The zero-order valence-corrected chi connectivity index (χ0v) is 23.0. The molecule has 5 unspecified atom stereocenters. The van der Waals surface area contributed by atoms with E-state index >= 15 is 0 Å². The van der Waals surface area contributed by atoms with Crippen LogP contribution in [0.2, 0.25) is 0 Å². The van der Waals surface area contributed by atoms with Crippen LogP contribution in [0.1, 0.15) is 58.8 Å². The minimum absolute atomic E-state index is 0.0879. The number of amides is 3. The van der Waals surface area contributed by atoms with Crippen LogP contribution in [0.4, 0.5) is 0 Å². The molecule has 37 heavy (non-hydrogen) atoms. The average molecular weight is 547 g/mol. The van der Waals surface area contributed by atoms with Crippen molar-refractivity contribution in [3.05, 3.63) is 0 Å². The molecule has 12 N–H and O–H groups in total. The molecule has 14 heteroatoms. The fraction of sp³-hybridized carbons (Fsp3) is 0.783. The number of carbonyl (C=O) groups excluding carboxylic acids is 3. The number of aliphatic imine (C=N–C) groups is 1. The van der Waals surface area contributed by atoms with Crippen molar-refractivity contribution in [2.45, 2.75) is 83.0 Å². The van der Waals surface area contributed by atoms with Gasteiger partial charge in [0.1, 0.15) is 18.1 Å². The van der Waals surface area contributed by atoms with Gasteiger partial charge < -0.3 is 44.0 Å². The van der Waals surface area contributed by atoms with Crippen LogP contribution >= 0.6 is 11.8 Å². The molecule has 0 rings (SSSR count). The molecule has 0 saturated carbocycles. The molecule has 0 bridgehead atoms. The highest BCUT2D eigenvalue weighted by molar-refractivity contribution is 7.98. The number of nitrogens with two attached hydrogens (primary N) is 4. The Bertz CT molecular complexity index is 751. The number of hydrogen-bond acceptors (Lipinski definition) is 8. The van der Waals surface area contributed by atoms with E-state index in [0.717, 1.165) is 0 Å². The molecule has 0 spiro atoms. The van der Waals surface area contributed by atoms with Gasteiger partial charge in [-0.2, -0.15) is 11.8 Å². The van der Waals surface area contributed by atoms with Gasteiger partial charge in [0, 0.05) is 6.54 Å². The summed E-state index contributed by atoms with van der Waals surface area (Å²) in [5.74, 6) is -2.55. The first kappa shape index (κ1) is 34.4. The third kappa shape index (κ3) is 14.7. The maximum atomic E-state index is 13.2. The number of aliphatic carboxylic acids is 1. The Morgan fingerprint density at radius 2 is 1.49 bits per heavy atom. The number of nitrogens with one attached hydrogen (secondary N) is 3. The first-order chi connectivity index (χ1) is 17.5. The van der Waals surface area contributed by atoms with Crippen molar-refractivity contribution < 1.29 is 24.3 Å². The Morgan fingerprint density at radius 3 is 2.00 bits per heavy atom. The quantitative estimate of drug-likeness (QED) is 0.0517. The van der Waals surface area contributed by atoms with Crippen LogP contribution in [0.3, 0.4) is 0 Å². The van der Waals surface area contributed by atoms with Crippen molar-refractivity contribution in [3.8, 4) is 0 Å². The molecule has 0 aliphatic rings. The molecule has 5 atom stereocenters. The Labute approximate surface area is 223 Å². The van der Waals surface area contributed by atoms with Gasteiger partial charge >= 0.3 is 5.97 Å². The molecule has 0 heterocycles. The van der Waals surface area contributed by atoms with Crippen LogP contribution in [0.15, 0.2) is 4.99 Å². The summed E-state index contributed by atoms with van der Waals surface area (Å²) >= 11 is 1.55. The second-order valence-corrected chi connectivity index (χ2v) is 9.94. The highest BCUT2D eigenvalue weighted by atomic mass is 32.2. The van der Waals surface area contributed by atoms with Gasteiger partial charge in [-0.05, 0) is 63.0 Å². The molecule has 0 aliphatic heterocycles. The van der Waals surface area contributed by atoms with Crippen LogP contribution < -0.4 is 38.9 Å². The summed E-state index contributed by atoms with van der Waals surface area (Å²) in [5.41, 5.74) is 22.2. The molecule has 0 radical (unpaired) electrons. The average Bonchev–Trinajstić information content (AvgIpc) is 2.85. The number of nitrogens with zero attached hydrogens (tertiary/aromatic N) is 1. The van der Waals surface area contributed by atoms with Crippen molar-refractivity contribution in [2.24, 2.45) is 33.8 Å². The molecule has 0 aromatic carbocycles. The van der Waals surface area contributed by atoms with Gasteiger partial charge in [0.15, 0.2) is 5.96 Å². The summed E-state index contributed by atoms with van der Waals surface area (Å²) in [4.78, 5) is 54.5. The van der Waals surface area contributed by atoms with Crippen molar-refractivity contribution >= 4 is 41.4 Å². The summed E-state index contributed by atoms with van der Waals surface area (Å²) in [6.07, 6.45) is 4.88. The van der Waals surface area contributed by atoms with E-state index in [0.29, 0.717) is 44.4 Å². The van der Waals surface area contributed by atoms with Crippen LogP contribution in [0.5, 0.6) is 0 Å². The molecular weight excluding hydrogens is 500 g/mol. The first-order valence-corrected chi connectivity index (χ1v) is 14.0. The van der Waals surface area contributed by atoms with Gasteiger partial charge in [-0.1, -0.05) is 20.3 Å². The second kappa shape index (κ2) is 19.5. The topological polar surface area (TPSA) is 241 Å². The number of guanidine groups is 1. The third-order valence-corrected chi connectivity index (χ3v) is 6.55. The van der Waals surface area contributed by atoms with E-state index in [1.54, 1.807) is 18.7 Å². The van der Waals surface area contributed by atoms with Crippen molar-refractivity contribution in [3.63, 3.8) is 0 Å². The Hall–Kier alpha value is -2.58. The molecule has 0 aromatic rings. The zero-order chi connectivity index (χ0) is 28.4. The predicted molar refractivity (Wildman–Crippen MR) is 147 cm³/mol. The number of carbonyl (C=O) groups is 4. The number of carboxylic acid groups (broad SMARTS) is 1. The Morgan fingerprint density at radius 1 is 0.919 bits per heavy atom. The van der Waals surface area contributed by atoms with Crippen molar-refractivity contribution in [2.75, 3.05) is 25.1 Å². The lowest BCUT2D eigenvalue weighted by Crippen LogP contribution is -2.57. The lowest BCUT2D eigenvalue weighted by Gasteiger charge is -2.26. The number of carboxylic acids is 1. The highest BCUT2D eigenvalue weighted by Gasteiger charge is 2.31. The SMILES string of the molecule is CCC(C)C(NC(=O)C(CCCCN)NC(=O)C(CCCN=C(N)N)NC(=O)C(N)CCSC)C(=O)O. The molecular formula is C23H46N8O5S. The van der Waals surface area contributed by atoms with Crippen LogP contribution in [-0.2, 0) is 19.2 Å². The summed E-state index contributed by atoms with van der Waals surface area (Å²) in [6.45, 7) is 4.21. The van der Waals surface area contributed by atoms with E-state index in [2.05, 4.69) is 20.9 Å². The molecule has 3 amide bonds. The van der Waals surface area contributed by atoms with E-state index in [4.69, 9.17) is 22.9 Å². The predicted octanol–water partition coefficient (Wildman–Crippen LogP) is -1.17. The lowest BCUT2D eigenvalue weighted by atomic mass is 9.98. The van der Waals surface area contributed by atoms with Gasteiger partial charge in [-0.25, -0.2) is 4.79 Å². The lowest BCUT2D eigenvalue weighted by molar-refractivity contribution is -0.144. The van der Waals surface area contributed by atoms with E-state index < -0.39 is 47.9 Å². The van der Waals surface area contributed by atoms with Crippen molar-refractivity contribution in [1.82, 2.24) is 16.0 Å². The fourth-order valence-electron chi connectivity index (χ4n) is 3.40. The maximum Gasteiger partial charge on any atom is 0.326 e. The minimum atomic E-state index is -1.15. The van der Waals surface area contributed by atoms with Crippen molar-refractivity contribution in [1.29, 1.82) is 0 Å². The van der Waals surface area contributed by atoms with Gasteiger partial charge in [-0.15, -0.1) is 0 Å². The van der Waals surface area contributed by atoms with E-state index in [1.165, 1.54) is 0 Å². The second-order valence-electron chi connectivity index (χ2n) is 8.95. The smallest absolute Gasteiger partial charge is 0.326 e.